The molecule has 0 amide bonds. The molecule has 0 aromatic heterocycles. The molecular formula is C13H15F3N2O4. The normalized spacial score (nSPS) is 12.9. The summed E-state index contributed by atoms with van der Waals surface area (Å²) in [6.07, 6.45) is -4.69. The number of benzene rings is 1. The molecular weight excluding hydrogens is 305 g/mol. The molecule has 0 saturated heterocycles. The monoisotopic (exact) mass is 320 g/mol. The SMILES string of the molecule is COC(=O)C(Nc1ccc(C(F)(F)F)cc1[N+](=O)[O-])C(C)C. The minimum atomic E-state index is -4.69. The Labute approximate surface area is 124 Å². The fourth-order valence-corrected chi connectivity index (χ4v) is 1.77. The van der Waals surface area contributed by atoms with Gasteiger partial charge in [0.15, 0.2) is 0 Å². The van der Waals surface area contributed by atoms with Crippen molar-refractivity contribution >= 4 is 17.3 Å². The van der Waals surface area contributed by atoms with E-state index in [1.54, 1.807) is 13.8 Å². The van der Waals surface area contributed by atoms with Crippen LogP contribution in [0.25, 0.3) is 0 Å². The number of methoxy groups -OCH3 is 1. The number of nitrogens with zero attached hydrogens (tertiary/aromatic N) is 1. The minimum absolute atomic E-state index is 0.179. The van der Waals surface area contributed by atoms with E-state index in [4.69, 9.17) is 0 Å². The Morgan fingerprint density at radius 3 is 2.36 bits per heavy atom. The molecule has 0 spiro atoms. The molecule has 1 N–H and O–H groups in total. The quantitative estimate of drug-likeness (QED) is 0.512. The smallest absolute Gasteiger partial charge is 0.416 e. The molecule has 1 aromatic rings. The van der Waals surface area contributed by atoms with Gasteiger partial charge in [-0.3, -0.25) is 10.1 Å². The van der Waals surface area contributed by atoms with E-state index in [1.807, 2.05) is 0 Å². The van der Waals surface area contributed by atoms with Crippen LogP contribution in [0, 0.1) is 16.0 Å². The van der Waals surface area contributed by atoms with Crippen LogP contribution in [0.3, 0.4) is 0 Å². The largest absolute Gasteiger partial charge is 0.467 e. The molecule has 1 atom stereocenters. The van der Waals surface area contributed by atoms with Crippen molar-refractivity contribution in [1.29, 1.82) is 0 Å². The first-order valence-corrected chi connectivity index (χ1v) is 6.28. The van der Waals surface area contributed by atoms with E-state index in [2.05, 4.69) is 10.1 Å². The summed E-state index contributed by atoms with van der Waals surface area (Å²) in [5.41, 5.74) is -2.07. The summed E-state index contributed by atoms with van der Waals surface area (Å²) in [5.74, 6) is -0.946. The Bertz CT molecular complexity index is 573. The van der Waals surface area contributed by atoms with Crippen molar-refractivity contribution in [2.45, 2.75) is 26.1 Å². The Morgan fingerprint density at radius 1 is 1.36 bits per heavy atom. The summed E-state index contributed by atoms with van der Waals surface area (Å²) in [4.78, 5) is 21.7. The number of esters is 1. The van der Waals surface area contributed by atoms with E-state index in [9.17, 15) is 28.1 Å². The summed E-state index contributed by atoms with van der Waals surface area (Å²) in [6.45, 7) is 3.34. The van der Waals surface area contributed by atoms with Gasteiger partial charge in [-0.2, -0.15) is 13.2 Å². The van der Waals surface area contributed by atoms with Crippen molar-refractivity contribution in [2.75, 3.05) is 12.4 Å². The maximum Gasteiger partial charge on any atom is 0.416 e. The van der Waals surface area contributed by atoms with Crippen molar-refractivity contribution in [2.24, 2.45) is 5.92 Å². The van der Waals surface area contributed by atoms with Gasteiger partial charge in [-0.1, -0.05) is 13.8 Å². The zero-order chi connectivity index (χ0) is 17.1. The van der Waals surface area contributed by atoms with Crippen LogP contribution >= 0.6 is 0 Å². The number of carbonyl (C=O) groups is 1. The second-order valence-corrected chi connectivity index (χ2v) is 4.88. The third-order valence-corrected chi connectivity index (χ3v) is 2.95. The van der Waals surface area contributed by atoms with Crippen LogP contribution in [0.15, 0.2) is 18.2 Å². The lowest BCUT2D eigenvalue weighted by atomic mass is 10.0. The van der Waals surface area contributed by atoms with E-state index in [0.717, 1.165) is 13.2 Å². The lowest BCUT2D eigenvalue weighted by Gasteiger charge is -2.21. The maximum absolute atomic E-state index is 12.6. The lowest BCUT2D eigenvalue weighted by Crippen LogP contribution is -2.35. The van der Waals surface area contributed by atoms with Gasteiger partial charge in [0, 0.05) is 6.07 Å². The summed E-state index contributed by atoms with van der Waals surface area (Å²) in [7, 11) is 1.15. The van der Waals surface area contributed by atoms with E-state index in [-0.39, 0.29) is 11.6 Å². The van der Waals surface area contributed by atoms with Crippen molar-refractivity contribution in [3.05, 3.63) is 33.9 Å². The average molecular weight is 320 g/mol. The number of hydrogen-bond acceptors (Lipinski definition) is 5. The predicted octanol–water partition coefficient (Wildman–Crippen LogP) is 3.22. The van der Waals surface area contributed by atoms with Gasteiger partial charge in [-0.15, -0.1) is 0 Å². The zero-order valence-corrected chi connectivity index (χ0v) is 12.1. The van der Waals surface area contributed by atoms with E-state index < -0.39 is 34.4 Å². The third-order valence-electron chi connectivity index (χ3n) is 2.95. The highest BCUT2D eigenvalue weighted by atomic mass is 19.4. The number of anilines is 1. The molecule has 0 bridgehead atoms. The minimum Gasteiger partial charge on any atom is -0.467 e. The Morgan fingerprint density at radius 2 is 1.95 bits per heavy atom. The number of alkyl halides is 3. The third kappa shape index (κ3) is 4.09. The number of nitro benzene ring substituents is 1. The first-order valence-electron chi connectivity index (χ1n) is 6.28. The molecule has 0 heterocycles. The Kier molecular flexibility index (Phi) is 5.34. The highest BCUT2D eigenvalue weighted by Gasteiger charge is 2.34. The maximum atomic E-state index is 12.6. The number of ether oxygens (including phenoxy) is 1. The van der Waals surface area contributed by atoms with Crippen LogP contribution in [0.5, 0.6) is 0 Å². The summed E-state index contributed by atoms with van der Waals surface area (Å²) in [5, 5.41) is 13.5. The van der Waals surface area contributed by atoms with E-state index >= 15 is 0 Å². The number of nitro groups is 1. The van der Waals surface area contributed by atoms with Crippen LogP contribution in [0.2, 0.25) is 0 Å². The molecule has 0 saturated carbocycles. The molecule has 1 rings (SSSR count). The fraction of sp³-hybridized carbons (Fsp3) is 0.462. The van der Waals surface area contributed by atoms with Crippen LogP contribution in [0.4, 0.5) is 24.5 Å². The summed E-state index contributed by atoms with van der Waals surface area (Å²) in [6, 6.07) is 1.15. The van der Waals surface area contributed by atoms with E-state index in [1.165, 1.54) is 0 Å². The standard InChI is InChI=1S/C13H15F3N2O4/c1-7(2)11(12(19)22-3)17-9-5-4-8(13(14,15)16)6-10(9)18(20)21/h4-7,11,17H,1-3H3. The topological polar surface area (TPSA) is 81.5 Å². The molecule has 0 aliphatic heterocycles. The fourth-order valence-electron chi connectivity index (χ4n) is 1.77. The van der Waals surface area contributed by atoms with Crippen molar-refractivity contribution in [3.8, 4) is 0 Å². The molecule has 9 heteroatoms. The first-order chi connectivity index (χ1) is 10.1. The average Bonchev–Trinajstić information content (AvgIpc) is 2.42. The molecule has 0 radical (unpaired) electrons. The van der Waals surface area contributed by atoms with Crippen LogP contribution in [0.1, 0.15) is 19.4 Å². The van der Waals surface area contributed by atoms with Crippen molar-refractivity contribution in [3.63, 3.8) is 0 Å². The van der Waals surface area contributed by atoms with Gasteiger partial charge in [0.05, 0.1) is 17.6 Å². The molecule has 122 valence electrons. The second-order valence-electron chi connectivity index (χ2n) is 4.88. The van der Waals surface area contributed by atoms with Crippen LogP contribution < -0.4 is 5.32 Å². The molecule has 1 unspecified atom stereocenters. The molecule has 0 fully saturated rings. The van der Waals surface area contributed by atoms with Crippen LogP contribution in [-0.4, -0.2) is 24.0 Å². The van der Waals surface area contributed by atoms with Gasteiger partial charge in [0.2, 0.25) is 0 Å². The molecule has 0 aliphatic carbocycles. The molecule has 0 aliphatic rings. The highest BCUT2D eigenvalue weighted by Crippen LogP contribution is 2.35. The number of halogens is 3. The molecule has 1 aromatic carbocycles. The van der Waals surface area contributed by atoms with Crippen molar-refractivity contribution in [1.82, 2.24) is 0 Å². The van der Waals surface area contributed by atoms with Crippen LogP contribution in [-0.2, 0) is 15.7 Å². The molecule has 6 nitrogen and oxygen atoms in total. The second kappa shape index (κ2) is 6.63. The van der Waals surface area contributed by atoms with Crippen molar-refractivity contribution < 1.29 is 27.6 Å². The summed E-state index contributed by atoms with van der Waals surface area (Å²) < 4.78 is 42.4. The number of nitrogens with one attached hydrogen (secondary N) is 1. The predicted molar refractivity (Wildman–Crippen MR) is 72.4 cm³/mol. The van der Waals surface area contributed by atoms with Gasteiger partial charge in [-0.25, -0.2) is 4.79 Å². The van der Waals surface area contributed by atoms with E-state index in [0.29, 0.717) is 12.1 Å². The zero-order valence-electron chi connectivity index (χ0n) is 12.1. The van der Waals surface area contributed by atoms with Gasteiger partial charge < -0.3 is 10.1 Å². The molecule has 22 heavy (non-hydrogen) atoms. The highest BCUT2D eigenvalue weighted by molar-refractivity contribution is 5.81. The number of carbonyl (C=O) groups excluding carboxylic acids is 1. The first kappa shape index (κ1) is 17.7. The number of hydrogen-bond donors (Lipinski definition) is 1. The lowest BCUT2D eigenvalue weighted by molar-refractivity contribution is -0.384. The Balaban J connectivity index is 3.24. The Hall–Kier alpha value is -2.32. The van der Waals surface area contributed by atoms with Gasteiger partial charge in [0.1, 0.15) is 11.7 Å². The van der Waals surface area contributed by atoms with Gasteiger partial charge >= 0.3 is 12.1 Å². The van der Waals surface area contributed by atoms with Gasteiger partial charge in [-0.05, 0) is 18.1 Å². The van der Waals surface area contributed by atoms with Gasteiger partial charge in [0.25, 0.3) is 5.69 Å². The summed E-state index contributed by atoms with van der Waals surface area (Å²) >= 11 is 0. The number of rotatable bonds is 5.